The van der Waals surface area contributed by atoms with Gasteiger partial charge in [-0.3, -0.25) is 0 Å². The summed E-state index contributed by atoms with van der Waals surface area (Å²) in [6.07, 6.45) is 0. The first-order valence-electron chi connectivity index (χ1n) is 3.43. The van der Waals surface area contributed by atoms with E-state index in [1.54, 1.807) is 12.5 Å². The van der Waals surface area contributed by atoms with E-state index in [9.17, 15) is 4.57 Å². The van der Waals surface area contributed by atoms with E-state index in [2.05, 4.69) is 9.51 Å². The van der Waals surface area contributed by atoms with Gasteiger partial charge in [0.15, 0.2) is 0 Å². The molecule has 0 aliphatic carbocycles. The molecule has 0 saturated heterocycles. The highest BCUT2D eigenvalue weighted by molar-refractivity contribution is 7.32. The maximum atomic E-state index is 10.2. The van der Waals surface area contributed by atoms with Crippen LogP contribution in [0.15, 0.2) is 5.38 Å². The van der Waals surface area contributed by atoms with Crippen LogP contribution in [-0.2, 0) is 27.0 Å². The van der Waals surface area contributed by atoms with Crippen molar-refractivity contribution in [2.45, 2.75) is 13.2 Å². The lowest BCUT2D eigenvalue weighted by atomic mass is 10.5. The van der Waals surface area contributed by atoms with Gasteiger partial charge in [-0.15, -0.1) is 20.8 Å². The zero-order valence-corrected chi connectivity index (χ0v) is 8.68. The van der Waals surface area contributed by atoms with E-state index >= 15 is 0 Å². The van der Waals surface area contributed by atoms with Crippen molar-refractivity contribution in [3.8, 4) is 0 Å². The maximum absolute atomic E-state index is 10.2. The molecule has 1 unspecified atom stereocenters. The Morgan fingerprint density at radius 2 is 2.46 bits per heavy atom. The Hall–Kier alpha value is -0.390. The number of ether oxygens (including phenoxy) is 1. The lowest BCUT2D eigenvalue weighted by Gasteiger charge is -1.89. The molecule has 0 fully saturated rings. The summed E-state index contributed by atoms with van der Waals surface area (Å²) in [5, 5.41) is 2.60. The lowest BCUT2D eigenvalue weighted by Crippen LogP contribution is -1.89. The summed E-state index contributed by atoms with van der Waals surface area (Å²) in [6.45, 7) is 0.516. The monoisotopic (exact) mass is 222 g/mol. The molecule has 0 aliphatic rings. The second-order valence-electron chi connectivity index (χ2n) is 2.18. The van der Waals surface area contributed by atoms with Gasteiger partial charge in [0.2, 0.25) is 0 Å². The molecule has 1 rings (SSSR count). The Bertz CT molecular complexity index is 290. The highest BCUT2D eigenvalue weighted by Crippen LogP contribution is 2.19. The van der Waals surface area contributed by atoms with Crippen molar-refractivity contribution in [1.82, 2.24) is 4.98 Å². The van der Waals surface area contributed by atoms with Gasteiger partial charge in [0.1, 0.15) is 11.6 Å². The topological polar surface area (TPSA) is 68.7 Å². The number of nitrogens with zero attached hydrogens (tertiary/aromatic N) is 1. The zero-order chi connectivity index (χ0) is 9.68. The molecule has 0 aromatic carbocycles. The molecule has 0 bridgehead atoms. The van der Waals surface area contributed by atoms with Crippen molar-refractivity contribution in [1.29, 1.82) is 0 Å². The van der Waals surface area contributed by atoms with Gasteiger partial charge in [-0.25, -0.2) is 4.98 Å². The van der Waals surface area contributed by atoms with Gasteiger partial charge >= 0.3 is 8.25 Å². The van der Waals surface area contributed by atoms with Crippen molar-refractivity contribution in [3.63, 3.8) is 0 Å². The fourth-order valence-corrected chi connectivity index (χ4v) is 1.72. The summed E-state index contributed by atoms with van der Waals surface area (Å²) in [7, 11) is -0.954. The van der Waals surface area contributed by atoms with Gasteiger partial charge in [-0.2, -0.15) is 0 Å². The quantitative estimate of drug-likeness (QED) is 0.763. The first-order chi connectivity index (χ1) is 6.22. The fraction of sp³-hybridized carbons (Fsp3) is 0.500. The smallest absolute Gasteiger partial charge is 0.378 e. The minimum Gasteiger partial charge on any atom is -0.378 e. The van der Waals surface area contributed by atoms with E-state index < -0.39 is 8.25 Å². The number of hydrogen-bond acceptors (Lipinski definition) is 5. The van der Waals surface area contributed by atoms with Crippen LogP contribution in [0, 0.1) is 0 Å². The third-order valence-electron chi connectivity index (χ3n) is 1.19. The van der Waals surface area contributed by atoms with Crippen LogP contribution in [0.1, 0.15) is 10.7 Å². The first kappa shape index (κ1) is 10.7. The van der Waals surface area contributed by atoms with E-state index in [4.69, 9.17) is 9.63 Å². The van der Waals surface area contributed by atoms with Gasteiger partial charge in [0, 0.05) is 17.1 Å². The number of methoxy groups -OCH3 is 1. The Balaban J connectivity index is 2.44. The summed E-state index contributed by atoms with van der Waals surface area (Å²) in [6, 6.07) is 0. The van der Waals surface area contributed by atoms with Crippen LogP contribution in [0.25, 0.3) is 0 Å². The minimum absolute atomic E-state index is 0.0614. The van der Waals surface area contributed by atoms with Crippen LogP contribution in [0.2, 0.25) is 0 Å². The van der Waals surface area contributed by atoms with Crippen molar-refractivity contribution >= 4 is 19.6 Å². The Morgan fingerprint density at radius 3 is 3.08 bits per heavy atom. The molecule has 1 aromatic heterocycles. The van der Waals surface area contributed by atoms with Crippen LogP contribution in [-0.4, -0.2) is 17.0 Å². The molecule has 0 amide bonds. The summed E-state index contributed by atoms with van der Waals surface area (Å²) in [5.74, 6) is 0. The van der Waals surface area contributed by atoms with Gasteiger partial charge in [0.25, 0.3) is 0 Å². The molecule has 7 heteroatoms. The zero-order valence-electron chi connectivity index (χ0n) is 6.97. The van der Waals surface area contributed by atoms with E-state index in [0.717, 1.165) is 5.01 Å². The highest BCUT2D eigenvalue weighted by Gasteiger charge is 2.13. The summed E-state index contributed by atoms with van der Waals surface area (Å²) >= 11 is 1.43. The van der Waals surface area contributed by atoms with E-state index in [1.165, 1.54) is 11.3 Å². The summed E-state index contributed by atoms with van der Waals surface area (Å²) < 4.78 is 19.5. The highest BCUT2D eigenvalue weighted by atomic mass is 32.1. The minimum atomic E-state index is -2.54. The molecule has 1 aromatic rings. The van der Waals surface area contributed by atoms with Crippen molar-refractivity contribution in [3.05, 3.63) is 16.1 Å². The predicted molar refractivity (Wildman–Crippen MR) is 47.4 cm³/mol. The molecule has 0 saturated carbocycles. The number of thiazole rings is 1. The van der Waals surface area contributed by atoms with E-state index in [0.29, 0.717) is 12.3 Å². The number of rotatable bonds is 5. The lowest BCUT2D eigenvalue weighted by molar-refractivity contribution is 0.184. The van der Waals surface area contributed by atoms with Crippen LogP contribution >= 0.6 is 19.6 Å². The molecule has 1 atom stereocenters. The number of aromatic nitrogens is 1. The molecule has 72 valence electrons. The normalized spacial score (nSPS) is 11.7. The van der Waals surface area contributed by atoms with Crippen molar-refractivity contribution < 1.29 is 18.7 Å². The second kappa shape index (κ2) is 5.36. The molecule has 0 aliphatic heterocycles. The molecule has 0 spiro atoms. The molecule has 0 radical (unpaired) electrons. The molecular formula is C6H9NO4PS+. The molecule has 5 nitrogen and oxygen atoms in total. The molecular weight excluding hydrogens is 213 g/mol. The van der Waals surface area contributed by atoms with Gasteiger partial charge < -0.3 is 4.74 Å². The maximum Gasteiger partial charge on any atom is 0.695 e. The average molecular weight is 222 g/mol. The van der Waals surface area contributed by atoms with E-state index in [1.807, 2.05) is 0 Å². The van der Waals surface area contributed by atoms with Crippen LogP contribution in [0.4, 0.5) is 0 Å². The van der Waals surface area contributed by atoms with Gasteiger partial charge in [0.05, 0.1) is 12.3 Å². The Labute approximate surface area is 80.3 Å². The fourth-order valence-electron chi connectivity index (χ4n) is 0.726. The summed E-state index contributed by atoms with van der Waals surface area (Å²) in [5.41, 5.74) is 0.648. The first-order valence-corrected chi connectivity index (χ1v) is 5.44. The number of hydrogen-bond donors (Lipinski definition) is 1. The Morgan fingerprint density at radius 1 is 1.69 bits per heavy atom. The van der Waals surface area contributed by atoms with Crippen LogP contribution in [0.3, 0.4) is 0 Å². The molecule has 1 N–H and O–H groups in total. The van der Waals surface area contributed by atoms with Crippen LogP contribution < -0.4 is 0 Å². The summed E-state index contributed by atoms with van der Waals surface area (Å²) in [4.78, 5) is 12.5. The second-order valence-corrected chi connectivity index (χ2v) is 3.85. The van der Waals surface area contributed by atoms with Crippen molar-refractivity contribution in [2.75, 3.05) is 7.11 Å². The molecule has 13 heavy (non-hydrogen) atoms. The largest absolute Gasteiger partial charge is 0.695 e. The average Bonchev–Trinajstić information content (AvgIpc) is 2.50. The van der Waals surface area contributed by atoms with Crippen molar-refractivity contribution in [2.24, 2.45) is 0 Å². The van der Waals surface area contributed by atoms with Gasteiger partial charge in [-0.05, 0) is 0 Å². The van der Waals surface area contributed by atoms with E-state index in [-0.39, 0.29) is 6.61 Å². The Kier molecular flexibility index (Phi) is 4.41. The third kappa shape index (κ3) is 3.89. The molecule has 1 heterocycles. The van der Waals surface area contributed by atoms with Crippen LogP contribution in [0.5, 0.6) is 0 Å². The third-order valence-corrected chi connectivity index (χ3v) is 2.41. The SMILES string of the molecule is COCc1nc(CO[P+](=O)O)cs1. The van der Waals surface area contributed by atoms with Gasteiger partial charge in [-0.1, -0.05) is 0 Å². The standard InChI is InChI=1S/C6H8NO4PS/c1-10-3-6-7-5(4-13-6)2-11-12(8)9/h4H,2-3H2,1H3/p+1. The predicted octanol–water partition coefficient (Wildman–Crippen LogP) is 1.46.